The molecule has 2 aromatic carbocycles. The summed E-state index contributed by atoms with van der Waals surface area (Å²) in [7, 11) is 0. The van der Waals surface area contributed by atoms with Gasteiger partial charge >= 0.3 is 12.1 Å². The number of alkyl halides is 5. The van der Waals surface area contributed by atoms with Gasteiger partial charge in [0.05, 0.1) is 5.52 Å². The van der Waals surface area contributed by atoms with Crippen LogP contribution in [0.2, 0.25) is 0 Å². The van der Waals surface area contributed by atoms with Gasteiger partial charge in [0, 0.05) is 48.8 Å². The average molecular weight is 438 g/mol. The van der Waals surface area contributed by atoms with E-state index >= 15 is 0 Å². The van der Waals surface area contributed by atoms with Crippen LogP contribution in [-0.4, -0.2) is 35.5 Å². The molecule has 1 saturated heterocycles. The Morgan fingerprint density at radius 3 is 2.26 bits per heavy atom. The van der Waals surface area contributed by atoms with Crippen molar-refractivity contribution in [3.05, 3.63) is 60.3 Å². The standard InChI is InChI=1S/C22H19F5N2O2/c23-21(24,22(25,26)27)14-1-4-16(5-2-14)31-17-8-11-29(12-9-17)20-7-10-28-19-6-3-15(30)13-18(19)20/h1-7,10,13,17,30H,8-9,11-12H2. The zero-order valence-corrected chi connectivity index (χ0v) is 16.2. The molecule has 1 N–H and O–H groups in total. The zero-order valence-electron chi connectivity index (χ0n) is 16.2. The topological polar surface area (TPSA) is 45.6 Å². The van der Waals surface area contributed by atoms with Gasteiger partial charge in [0.15, 0.2) is 0 Å². The summed E-state index contributed by atoms with van der Waals surface area (Å²) < 4.78 is 70.1. The number of piperidine rings is 1. The van der Waals surface area contributed by atoms with Crippen molar-refractivity contribution in [1.29, 1.82) is 0 Å². The summed E-state index contributed by atoms with van der Waals surface area (Å²) in [6.45, 7) is 1.31. The normalized spacial score (nSPS) is 16.0. The molecule has 4 rings (SSSR count). The molecule has 4 nitrogen and oxygen atoms in total. The first-order valence-corrected chi connectivity index (χ1v) is 9.69. The summed E-state index contributed by atoms with van der Waals surface area (Å²) >= 11 is 0. The van der Waals surface area contributed by atoms with Crippen molar-refractivity contribution in [2.24, 2.45) is 0 Å². The van der Waals surface area contributed by atoms with E-state index in [9.17, 15) is 27.1 Å². The van der Waals surface area contributed by atoms with E-state index in [1.165, 1.54) is 0 Å². The molecule has 0 bridgehead atoms. The highest BCUT2D eigenvalue weighted by Crippen LogP contribution is 2.44. The van der Waals surface area contributed by atoms with Crippen LogP contribution in [0.15, 0.2) is 54.7 Å². The monoisotopic (exact) mass is 438 g/mol. The number of aromatic hydroxyl groups is 1. The van der Waals surface area contributed by atoms with Gasteiger partial charge in [-0.25, -0.2) is 0 Å². The van der Waals surface area contributed by atoms with Crippen molar-refractivity contribution >= 4 is 16.6 Å². The molecule has 0 spiro atoms. The quantitative estimate of drug-likeness (QED) is 0.536. The van der Waals surface area contributed by atoms with Gasteiger partial charge in [-0.05, 0) is 48.5 Å². The van der Waals surface area contributed by atoms with Crippen LogP contribution in [0.5, 0.6) is 11.5 Å². The van der Waals surface area contributed by atoms with Crippen LogP contribution in [0.25, 0.3) is 10.9 Å². The fraction of sp³-hybridized carbons (Fsp3) is 0.318. The first-order valence-electron chi connectivity index (χ1n) is 9.69. The first kappa shape index (κ1) is 21.1. The van der Waals surface area contributed by atoms with Gasteiger partial charge in [-0.2, -0.15) is 22.0 Å². The van der Waals surface area contributed by atoms with Crippen molar-refractivity contribution in [2.45, 2.75) is 31.0 Å². The van der Waals surface area contributed by atoms with Crippen molar-refractivity contribution in [3.63, 3.8) is 0 Å². The van der Waals surface area contributed by atoms with E-state index in [1.54, 1.807) is 24.4 Å². The molecule has 1 aromatic heterocycles. The number of rotatable bonds is 4. The second kappa shape index (κ2) is 7.86. The highest BCUT2D eigenvalue weighted by molar-refractivity contribution is 5.92. The first-order chi connectivity index (χ1) is 14.6. The van der Waals surface area contributed by atoms with Crippen LogP contribution in [-0.2, 0) is 5.92 Å². The van der Waals surface area contributed by atoms with Crippen LogP contribution < -0.4 is 9.64 Å². The van der Waals surface area contributed by atoms with Crippen molar-refractivity contribution in [2.75, 3.05) is 18.0 Å². The Morgan fingerprint density at radius 1 is 0.935 bits per heavy atom. The van der Waals surface area contributed by atoms with Crippen LogP contribution in [0.1, 0.15) is 18.4 Å². The molecule has 9 heteroatoms. The molecular weight excluding hydrogens is 419 g/mol. The highest BCUT2D eigenvalue weighted by atomic mass is 19.4. The Kier molecular flexibility index (Phi) is 5.36. The molecule has 164 valence electrons. The second-order valence-electron chi connectivity index (χ2n) is 7.43. The minimum Gasteiger partial charge on any atom is -0.508 e. The van der Waals surface area contributed by atoms with Crippen LogP contribution in [0.3, 0.4) is 0 Å². The van der Waals surface area contributed by atoms with Gasteiger partial charge in [0.1, 0.15) is 17.6 Å². The number of halogens is 5. The minimum atomic E-state index is -5.64. The van der Waals surface area contributed by atoms with Gasteiger partial charge in [0.25, 0.3) is 0 Å². The Hall–Kier alpha value is -3.10. The summed E-state index contributed by atoms with van der Waals surface area (Å²) in [6, 6.07) is 10.6. The number of nitrogens with zero attached hydrogens (tertiary/aromatic N) is 2. The SMILES string of the molecule is Oc1ccc2nccc(N3CCC(Oc4ccc(C(F)(F)C(F)(F)F)cc4)CC3)c2c1. The molecule has 1 aliphatic rings. The fourth-order valence-corrected chi connectivity index (χ4v) is 3.71. The minimum absolute atomic E-state index is 0.152. The third-order valence-electron chi connectivity index (χ3n) is 5.36. The number of pyridine rings is 1. The van der Waals surface area contributed by atoms with Crippen molar-refractivity contribution in [1.82, 2.24) is 4.98 Å². The lowest BCUT2D eigenvalue weighted by molar-refractivity contribution is -0.289. The van der Waals surface area contributed by atoms with Gasteiger partial charge in [-0.15, -0.1) is 0 Å². The summed E-state index contributed by atoms with van der Waals surface area (Å²) in [5.41, 5.74) is 0.595. The average Bonchev–Trinajstić information content (AvgIpc) is 2.73. The van der Waals surface area contributed by atoms with E-state index in [-0.39, 0.29) is 17.6 Å². The molecule has 1 fully saturated rings. The number of ether oxygens (including phenoxy) is 1. The fourth-order valence-electron chi connectivity index (χ4n) is 3.71. The van der Waals surface area contributed by atoms with E-state index in [2.05, 4.69) is 9.88 Å². The Balaban J connectivity index is 1.41. The third-order valence-corrected chi connectivity index (χ3v) is 5.36. The van der Waals surface area contributed by atoms with E-state index in [0.717, 1.165) is 40.9 Å². The molecule has 2 heterocycles. The molecule has 31 heavy (non-hydrogen) atoms. The second-order valence-corrected chi connectivity index (χ2v) is 7.43. The van der Waals surface area contributed by atoms with Gasteiger partial charge < -0.3 is 14.7 Å². The molecular formula is C22H19F5N2O2. The maximum Gasteiger partial charge on any atom is 0.458 e. The largest absolute Gasteiger partial charge is 0.508 e. The molecule has 0 saturated carbocycles. The molecule has 0 amide bonds. The number of phenolic OH excluding ortho intramolecular Hbond substituents is 1. The Labute approximate surface area is 174 Å². The van der Waals surface area contributed by atoms with Crippen molar-refractivity contribution in [3.8, 4) is 11.5 Å². The number of hydrogen-bond donors (Lipinski definition) is 1. The van der Waals surface area contributed by atoms with Crippen LogP contribution in [0.4, 0.5) is 27.6 Å². The number of benzene rings is 2. The highest BCUT2D eigenvalue weighted by Gasteiger charge is 2.58. The molecule has 0 atom stereocenters. The van der Waals surface area contributed by atoms with Gasteiger partial charge in [-0.3, -0.25) is 4.98 Å². The molecule has 1 aliphatic heterocycles. The lowest BCUT2D eigenvalue weighted by atomic mass is 10.0. The van der Waals surface area contributed by atoms with E-state index in [1.807, 2.05) is 6.07 Å². The maximum absolute atomic E-state index is 13.4. The summed E-state index contributed by atoms with van der Waals surface area (Å²) in [6.07, 6.45) is -2.84. The molecule has 0 unspecified atom stereocenters. The molecule has 0 radical (unpaired) electrons. The Bertz CT molecular complexity index is 1060. The predicted molar refractivity (Wildman–Crippen MR) is 106 cm³/mol. The summed E-state index contributed by atoms with van der Waals surface area (Å²) in [5, 5.41) is 10.6. The summed E-state index contributed by atoms with van der Waals surface area (Å²) in [5.74, 6) is -4.50. The lowest BCUT2D eigenvalue weighted by Gasteiger charge is -2.34. The smallest absolute Gasteiger partial charge is 0.458 e. The zero-order chi connectivity index (χ0) is 22.2. The number of aromatic nitrogens is 1. The van der Waals surface area contributed by atoms with Crippen LogP contribution in [0, 0.1) is 0 Å². The van der Waals surface area contributed by atoms with E-state index in [0.29, 0.717) is 25.9 Å². The van der Waals surface area contributed by atoms with E-state index in [4.69, 9.17) is 4.74 Å². The summed E-state index contributed by atoms with van der Waals surface area (Å²) in [4.78, 5) is 6.45. The Morgan fingerprint density at radius 2 is 1.61 bits per heavy atom. The third kappa shape index (κ3) is 4.22. The molecule has 3 aromatic rings. The lowest BCUT2D eigenvalue weighted by Crippen LogP contribution is -2.38. The number of fused-ring (bicyclic) bond motifs is 1. The number of hydrogen-bond acceptors (Lipinski definition) is 4. The number of phenols is 1. The van der Waals surface area contributed by atoms with Gasteiger partial charge in [0.2, 0.25) is 0 Å². The van der Waals surface area contributed by atoms with E-state index < -0.39 is 17.7 Å². The number of anilines is 1. The maximum atomic E-state index is 13.4. The predicted octanol–water partition coefficient (Wildman–Crippen LogP) is 5.64. The van der Waals surface area contributed by atoms with Crippen LogP contribution >= 0.6 is 0 Å². The molecule has 0 aliphatic carbocycles. The van der Waals surface area contributed by atoms with Crippen molar-refractivity contribution < 1.29 is 31.8 Å². The van der Waals surface area contributed by atoms with Gasteiger partial charge in [-0.1, -0.05) is 0 Å².